The summed E-state index contributed by atoms with van der Waals surface area (Å²) in [7, 11) is 0. The number of anilines is 1. The second-order valence-electron chi connectivity index (χ2n) is 4.30. The molecule has 0 spiro atoms. The second kappa shape index (κ2) is 5.02. The molecule has 3 aromatic rings. The summed E-state index contributed by atoms with van der Waals surface area (Å²) in [5, 5.41) is 0.603. The summed E-state index contributed by atoms with van der Waals surface area (Å²) in [5.74, 6) is 2.22. The fraction of sp³-hybridized carbons (Fsp3) is 0. The SMILES string of the molecule is NNc1nc(-c2c(F)cc(F)cc2F)nc2ccccc12. The fourth-order valence-electron chi connectivity index (χ4n) is 2.05. The van der Waals surface area contributed by atoms with Crippen LogP contribution in [0.5, 0.6) is 0 Å². The van der Waals surface area contributed by atoms with Crippen molar-refractivity contribution < 1.29 is 13.2 Å². The number of halogens is 3. The van der Waals surface area contributed by atoms with Crippen molar-refractivity contribution in [3.63, 3.8) is 0 Å². The Morgan fingerprint density at radius 2 is 1.62 bits per heavy atom. The van der Waals surface area contributed by atoms with Crippen LogP contribution in [0.1, 0.15) is 0 Å². The van der Waals surface area contributed by atoms with Crippen LogP contribution in [0.3, 0.4) is 0 Å². The third-order valence-electron chi connectivity index (χ3n) is 2.97. The molecule has 0 amide bonds. The number of nitrogens with zero attached hydrogens (tertiary/aromatic N) is 2. The van der Waals surface area contributed by atoms with Crippen molar-refractivity contribution in [3.8, 4) is 11.4 Å². The van der Waals surface area contributed by atoms with Crippen LogP contribution in [-0.4, -0.2) is 9.97 Å². The van der Waals surface area contributed by atoms with Gasteiger partial charge in [-0.25, -0.2) is 29.0 Å². The van der Waals surface area contributed by atoms with Crippen molar-refractivity contribution in [2.75, 3.05) is 5.43 Å². The van der Waals surface area contributed by atoms with E-state index in [1.54, 1.807) is 24.3 Å². The predicted octanol–water partition coefficient (Wildman–Crippen LogP) is 3.00. The molecular formula is C14H9F3N4. The van der Waals surface area contributed by atoms with Gasteiger partial charge in [0, 0.05) is 17.5 Å². The van der Waals surface area contributed by atoms with Crippen LogP contribution in [0.25, 0.3) is 22.3 Å². The van der Waals surface area contributed by atoms with Gasteiger partial charge in [0.25, 0.3) is 0 Å². The Balaban J connectivity index is 2.31. The monoisotopic (exact) mass is 290 g/mol. The van der Waals surface area contributed by atoms with Gasteiger partial charge in [-0.15, -0.1) is 0 Å². The third-order valence-corrected chi connectivity index (χ3v) is 2.97. The number of nitrogen functional groups attached to an aromatic ring is 1. The number of para-hydroxylation sites is 1. The molecule has 3 rings (SSSR count). The highest BCUT2D eigenvalue weighted by Crippen LogP contribution is 2.28. The average Bonchev–Trinajstić information content (AvgIpc) is 2.45. The summed E-state index contributed by atoms with van der Waals surface area (Å²) in [6.45, 7) is 0. The van der Waals surface area contributed by atoms with E-state index in [4.69, 9.17) is 5.84 Å². The molecule has 1 aromatic heterocycles. The second-order valence-corrected chi connectivity index (χ2v) is 4.30. The number of hydrazine groups is 1. The number of nitrogens with two attached hydrogens (primary N) is 1. The highest BCUT2D eigenvalue weighted by Gasteiger charge is 2.18. The maximum Gasteiger partial charge on any atom is 0.168 e. The topological polar surface area (TPSA) is 63.8 Å². The molecule has 0 bridgehead atoms. The smallest absolute Gasteiger partial charge is 0.168 e. The lowest BCUT2D eigenvalue weighted by Crippen LogP contribution is -2.10. The van der Waals surface area contributed by atoms with Crippen LogP contribution in [0.15, 0.2) is 36.4 Å². The van der Waals surface area contributed by atoms with E-state index >= 15 is 0 Å². The van der Waals surface area contributed by atoms with Crippen LogP contribution in [-0.2, 0) is 0 Å². The van der Waals surface area contributed by atoms with Crippen LogP contribution >= 0.6 is 0 Å². The normalized spacial score (nSPS) is 10.9. The molecule has 0 saturated carbocycles. The van der Waals surface area contributed by atoms with Crippen molar-refractivity contribution in [2.45, 2.75) is 0 Å². The van der Waals surface area contributed by atoms with Crippen molar-refractivity contribution >= 4 is 16.7 Å². The molecule has 2 aromatic carbocycles. The predicted molar refractivity (Wildman–Crippen MR) is 72.7 cm³/mol. The highest BCUT2D eigenvalue weighted by molar-refractivity contribution is 5.90. The Kier molecular flexibility index (Phi) is 3.19. The van der Waals surface area contributed by atoms with Gasteiger partial charge in [-0.1, -0.05) is 12.1 Å². The van der Waals surface area contributed by atoms with E-state index < -0.39 is 23.0 Å². The van der Waals surface area contributed by atoms with E-state index in [0.29, 0.717) is 23.0 Å². The summed E-state index contributed by atoms with van der Waals surface area (Å²) in [4.78, 5) is 8.09. The Morgan fingerprint density at radius 1 is 0.952 bits per heavy atom. The number of hydrogen-bond acceptors (Lipinski definition) is 4. The lowest BCUT2D eigenvalue weighted by atomic mass is 10.1. The van der Waals surface area contributed by atoms with Crippen LogP contribution in [0.2, 0.25) is 0 Å². The summed E-state index contributed by atoms with van der Waals surface area (Å²) >= 11 is 0. The molecule has 0 aliphatic heterocycles. The third kappa shape index (κ3) is 2.27. The van der Waals surface area contributed by atoms with Crippen molar-refractivity contribution in [1.29, 1.82) is 0 Å². The zero-order valence-corrected chi connectivity index (χ0v) is 10.6. The van der Waals surface area contributed by atoms with Gasteiger partial charge < -0.3 is 5.43 Å². The Hall–Kier alpha value is -2.67. The zero-order chi connectivity index (χ0) is 15.0. The van der Waals surface area contributed by atoms with Crippen LogP contribution in [0.4, 0.5) is 19.0 Å². The Morgan fingerprint density at radius 3 is 2.29 bits per heavy atom. The van der Waals surface area contributed by atoms with Crippen molar-refractivity contribution in [1.82, 2.24) is 9.97 Å². The number of benzene rings is 2. The number of hydrogen-bond donors (Lipinski definition) is 2. The molecule has 0 aliphatic rings. The first-order valence-corrected chi connectivity index (χ1v) is 5.98. The lowest BCUT2D eigenvalue weighted by Gasteiger charge is -2.09. The minimum atomic E-state index is -1.08. The van der Waals surface area contributed by atoms with Gasteiger partial charge in [-0.05, 0) is 12.1 Å². The van der Waals surface area contributed by atoms with Gasteiger partial charge in [-0.2, -0.15) is 0 Å². The minimum absolute atomic E-state index is 0.211. The molecule has 0 unspecified atom stereocenters. The van der Waals surface area contributed by atoms with Gasteiger partial charge >= 0.3 is 0 Å². The Bertz CT molecular complexity index is 813. The van der Waals surface area contributed by atoms with Crippen molar-refractivity contribution in [2.24, 2.45) is 5.84 Å². The molecule has 0 radical (unpaired) electrons. The Labute approximate surface area is 117 Å². The average molecular weight is 290 g/mol. The van der Waals surface area contributed by atoms with Gasteiger partial charge in [-0.3, -0.25) is 0 Å². The molecule has 0 atom stereocenters. The van der Waals surface area contributed by atoms with E-state index in [9.17, 15) is 13.2 Å². The minimum Gasteiger partial charge on any atom is -0.308 e. The summed E-state index contributed by atoms with van der Waals surface area (Å²) < 4.78 is 40.6. The first-order valence-electron chi connectivity index (χ1n) is 5.98. The van der Waals surface area contributed by atoms with E-state index in [0.717, 1.165) is 0 Å². The fourth-order valence-corrected chi connectivity index (χ4v) is 2.05. The van der Waals surface area contributed by atoms with Gasteiger partial charge in [0.1, 0.15) is 17.5 Å². The molecule has 106 valence electrons. The van der Waals surface area contributed by atoms with Gasteiger partial charge in [0.2, 0.25) is 0 Å². The van der Waals surface area contributed by atoms with Gasteiger partial charge in [0.15, 0.2) is 11.6 Å². The standard InChI is InChI=1S/C14H9F3N4/c15-7-5-9(16)12(10(17)6-7)14-19-11-4-2-1-3-8(11)13(20-14)21-18/h1-6H,18H2,(H,19,20,21). The van der Waals surface area contributed by atoms with E-state index in [1.165, 1.54) is 0 Å². The molecular weight excluding hydrogens is 281 g/mol. The first-order chi connectivity index (χ1) is 10.1. The number of nitrogens with one attached hydrogen (secondary N) is 1. The first kappa shape index (κ1) is 13.3. The van der Waals surface area contributed by atoms with E-state index in [-0.39, 0.29) is 11.6 Å². The summed E-state index contributed by atoms with van der Waals surface area (Å²) in [5.41, 5.74) is 2.32. The molecule has 0 saturated heterocycles. The molecule has 7 heteroatoms. The highest BCUT2D eigenvalue weighted by atomic mass is 19.1. The number of aromatic nitrogens is 2. The quantitative estimate of drug-likeness (QED) is 0.562. The maximum absolute atomic E-state index is 13.8. The zero-order valence-electron chi connectivity index (χ0n) is 10.6. The van der Waals surface area contributed by atoms with Crippen LogP contribution < -0.4 is 11.3 Å². The molecule has 0 aliphatic carbocycles. The van der Waals surface area contributed by atoms with E-state index in [1.807, 2.05) is 0 Å². The van der Waals surface area contributed by atoms with Crippen LogP contribution in [0, 0.1) is 17.5 Å². The number of fused-ring (bicyclic) bond motifs is 1. The summed E-state index contributed by atoms with van der Waals surface area (Å²) in [6, 6.07) is 7.99. The molecule has 1 heterocycles. The molecule has 0 fully saturated rings. The van der Waals surface area contributed by atoms with E-state index in [2.05, 4.69) is 15.4 Å². The maximum atomic E-state index is 13.8. The van der Waals surface area contributed by atoms with Crippen molar-refractivity contribution in [3.05, 3.63) is 53.8 Å². The molecule has 4 nitrogen and oxygen atoms in total. The summed E-state index contributed by atoms with van der Waals surface area (Å²) in [6.07, 6.45) is 0. The molecule has 21 heavy (non-hydrogen) atoms. The lowest BCUT2D eigenvalue weighted by molar-refractivity contribution is 0.547. The molecule has 3 N–H and O–H groups in total. The number of rotatable bonds is 2. The van der Waals surface area contributed by atoms with Gasteiger partial charge in [0.05, 0.1) is 11.1 Å². The largest absolute Gasteiger partial charge is 0.308 e.